The Morgan fingerprint density at radius 1 is 1.19 bits per heavy atom. The van der Waals surface area contributed by atoms with Gasteiger partial charge < -0.3 is 15.6 Å². The minimum atomic E-state index is -4.82. The minimum absolute atomic E-state index is 0.0396. The summed E-state index contributed by atoms with van der Waals surface area (Å²) in [6.45, 7) is 0. The summed E-state index contributed by atoms with van der Waals surface area (Å²) in [5.74, 6) is -0.203. The molecule has 0 spiro atoms. The predicted octanol–water partition coefficient (Wildman–Crippen LogP) is 2.84. The number of benzene rings is 1. The van der Waals surface area contributed by atoms with Gasteiger partial charge in [0.05, 0.1) is 6.10 Å². The Kier molecular flexibility index (Phi) is 4.32. The Morgan fingerprint density at radius 2 is 1.90 bits per heavy atom. The third-order valence-electron chi connectivity index (χ3n) is 2.84. The van der Waals surface area contributed by atoms with E-state index in [2.05, 4.69) is 9.72 Å². The normalized spacial score (nSPS) is 13.0. The number of aromatic nitrogens is 1. The molecule has 7 heteroatoms. The largest absolute Gasteiger partial charge is 0.573 e. The lowest BCUT2D eigenvalue weighted by molar-refractivity contribution is -0.275. The first-order chi connectivity index (χ1) is 9.87. The van der Waals surface area contributed by atoms with E-state index in [1.165, 1.54) is 24.4 Å². The van der Waals surface area contributed by atoms with Crippen LogP contribution in [-0.4, -0.2) is 16.5 Å². The van der Waals surface area contributed by atoms with Crippen molar-refractivity contribution in [3.05, 3.63) is 53.7 Å². The van der Waals surface area contributed by atoms with Crippen LogP contribution in [0.3, 0.4) is 0 Å². The number of nitrogen functional groups attached to an aromatic ring is 1. The molecule has 0 fully saturated rings. The second kappa shape index (κ2) is 6.01. The molecule has 2 rings (SSSR count). The number of aliphatic hydroxyl groups excluding tert-OH is 1. The van der Waals surface area contributed by atoms with E-state index in [-0.39, 0.29) is 17.8 Å². The zero-order valence-corrected chi connectivity index (χ0v) is 10.8. The number of anilines is 1. The maximum atomic E-state index is 12.3. The highest BCUT2D eigenvalue weighted by Gasteiger charge is 2.32. The van der Waals surface area contributed by atoms with Gasteiger partial charge in [0, 0.05) is 18.2 Å². The minimum Gasteiger partial charge on any atom is -0.405 e. The van der Waals surface area contributed by atoms with Gasteiger partial charge in [0.15, 0.2) is 0 Å². The van der Waals surface area contributed by atoms with E-state index in [1.54, 1.807) is 12.1 Å². The van der Waals surface area contributed by atoms with E-state index >= 15 is 0 Å². The lowest BCUT2D eigenvalue weighted by Gasteiger charge is -2.17. The summed E-state index contributed by atoms with van der Waals surface area (Å²) in [5.41, 5.74) is 6.24. The fraction of sp³-hybridized carbons (Fsp3) is 0.214. The second-order valence-corrected chi connectivity index (χ2v) is 4.35. The van der Waals surface area contributed by atoms with E-state index < -0.39 is 18.2 Å². The molecule has 0 aliphatic rings. The van der Waals surface area contributed by atoms with Crippen LogP contribution >= 0.6 is 0 Å². The zero-order valence-electron chi connectivity index (χ0n) is 10.8. The number of nitrogens with zero attached hydrogens (tertiary/aromatic N) is 1. The van der Waals surface area contributed by atoms with Crippen molar-refractivity contribution in [2.45, 2.75) is 18.9 Å². The van der Waals surface area contributed by atoms with Crippen LogP contribution < -0.4 is 10.5 Å². The molecule has 0 aliphatic carbocycles. The number of rotatable bonds is 4. The zero-order chi connectivity index (χ0) is 15.5. The van der Waals surface area contributed by atoms with Crippen LogP contribution in [-0.2, 0) is 6.42 Å². The first kappa shape index (κ1) is 15.1. The van der Waals surface area contributed by atoms with Crippen LogP contribution in [0, 0.1) is 0 Å². The Labute approximate surface area is 119 Å². The number of ether oxygens (including phenoxy) is 1. The van der Waals surface area contributed by atoms with Crippen LogP contribution in [0.25, 0.3) is 0 Å². The molecule has 1 atom stereocenters. The van der Waals surface area contributed by atoms with E-state index in [1.807, 2.05) is 0 Å². The average Bonchev–Trinajstić information content (AvgIpc) is 2.40. The smallest absolute Gasteiger partial charge is 0.405 e. The Balaban J connectivity index is 2.23. The number of para-hydroxylation sites is 1. The summed E-state index contributed by atoms with van der Waals surface area (Å²) in [5, 5.41) is 10.1. The first-order valence-electron chi connectivity index (χ1n) is 6.09. The lowest BCUT2D eigenvalue weighted by Crippen LogP contribution is -2.19. The standard InChI is InChI=1S/C14H13F3N2O2/c15-14(16,17)21-12-6-2-1-5-10(12)11(20)8-9-4-3-7-19-13(9)18/h1-7,11,20H,8H2,(H2,18,19). The molecule has 1 aromatic carbocycles. The summed E-state index contributed by atoms with van der Waals surface area (Å²) in [6.07, 6.45) is -4.47. The van der Waals surface area contributed by atoms with E-state index in [4.69, 9.17) is 5.73 Å². The molecular weight excluding hydrogens is 285 g/mol. The molecule has 0 bridgehead atoms. The van der Waals surface area contributed by atoms with Crippen molar-refractivity contribution in [3.63, 3.8) is 0 Å². The number of pyridine rings is 1. The van der Waals surface area contributed by atoms with Crippen molar-refractivity contribution in [2.24, 2.45) is 0 Å². The predicted molar refractivity (Wildman–Crippen MR) is 70.4 cm³/mol. The second-order valence-electron chi connectivity index (χ2n) is 4.35. The number of nitrogens with two attached hydrogens (primary N) is 1. The van der Waals surface area contributed by atoms with Gasteiger partial charge in [0.2, 0.25) is 0 Å². The molecule has 1 aromatic heterocycles. The van der Waals surface area contributed by atoms with Crippen LogP contribution in [0.1, 0.15) is 17.2 Å². The van der Waals surface area contributed by atoms with Gasteiger partial charge in [0.25, 0.3) is 0 Å². The first-order valence-corrected chi connectivity index (χ1v) is 6.09. The van der Waals surface area contributed by atoms with Crippen LogP contribution in [0.2, 0.25) is 0 Å². The highest BCUT2D eigenvalue weighted by Crippen LogP contribution is 2.32. The topological polar surface area (TPSA) is 68.4 Å². The summed E-state index contributed by atoms with van der Waals surface area (Å²) in [4.78, 5) is 3.86. The number of halogens is 3. The molecule has 4 nitrogen and oxygen atoms in total. The van der Waals surface area contributed by atoms with Gasteiger partial charge >= 0.3 is 6.36 Å². The molecule has 2 aromatic rings. The number of hydrogen-bond donors (Lipinski definition) is 2. The molecule has 0 saturated carbocycles. The summed E-state index contributed by atoms with van der Waals surface area (Å²) in [7, 11) is 0. The summed E-state index contributed by atoms with van der Waals surface area (Å²) in [6, 6.07) is 8.73. The van der Waals surface area contributed by atoms with Gasteiger partial charge in [-0.25, -0.2) is 4.98 Å². The van der Waals surface area contributed by atoms with Crippen molar-refractivity contribution in [1.29, 1.82) is 0 Å². The van der Waals surface area contributed by atoms with Gasteiger partial charge in [0.1, 0.15) is 11.6 Å². The summed E-state index contributed by atoms with van der Waals surface area (Å²) < 4.78 is 40.9. The van der Waals surface area contributed by atoms with Crippen LogP contribution in [0.5, 0.6) is 5.75 Å². The Bertz CT molecular complexity index is 617. The summed E-state index contributed by atoms with van der Waals surface area (Å²) >= 11 is 0. The van der Waals surface area contributed by atoms with Gasteiger partial charge in [-0.05, 0) is 17.7 Å². The molecule has 0 saturated heterocycles. The highest BCUT2D eigenvalue weighted by molar-refractivity contribution is 5.41. The van der Waals surface area contributed by atoms with Gasteiger partial charge in [-0.2, -0.15) is 0 Å². The molecule has 1 unspecified atom stereocenters. The number of hydrogen-bond acceptors (Lipinski definition) is 4. The number of aliphatic hydroxyl groups is 1. The fourth-order valence-corrected chi connectivity index (χ4v) is 1.92. The van der Waals surface area contributed by atoms with Gasteiger partial charge in [-0.15, -0.1) is 13.2 Å². The SMILES string of the molecule is Nc1ncccc1CC(O)c1ccccc1OC(F)(F)F. The van der Waals surface area contributed by atoms with Crippen molar-refractivity contribution in [2.75, 3.05) is 5.73 Å². The lowest BCUT2D eigenvalue weighted by atomic mass is 10.0. The van der Waals surface area contributed by atoms with Crippen molar-refractivity contribution in [3.8, 4) is 5.75 Å². The number of alkyl halides is 3. The molecular formula is C14H13F3N2O2. The van der Waals surface area contributed by atoms with E-state index in [0.29, 0.717) is 5.56 Å². The molecule has 1 heterocycles. The highest BCUT2D eigenvalue weighted by atomic mass is 19.4. The molecule has 0 amide bonds. The maximum absolute atomic E-state index is 12.3. The van der Waals surface area contributed by atoms with Crippen molar-refractivity contribution >= 4 is 5.82 Å². The molecule has 112 valence electrons. The van der Waals surface area contributed by atoms with E-state index in [0.717, 1.165) is 6.07 Å². The molecule has 21 heavy (non-hydrogen) atoms. The van der Waals surface area contributed by atoms with Gasteiger partial charge in [-0.3, -0.25) is 0 Å². The Hall–Kier alpha value is -2.28. The molecule has 3 N–H and O–H groups in total. The van der Waals surface area contributed by atoms with Crippen molar-refractivity contribution < 1.29 is 23.0 Å². The van der Waals surface area contributed by atoms with Gasteiger partial charge in [-0.1, -0.05) is 24.3 Å². The van der Waals surface area contributed by atoms with Crippen molar-refractivity contribution in [1.82, 2.24) is 4.98 Å². The molecule has 0 radical (unpaired) electrons. The fourth-order valence-electron chi connectivity index (χ4n) is 1.92. The average molecular weight is 298 g/mol. The molecule has 0 aliphatic heterocycles. The monoisotopic (exact) mass is 298 g/mol. The van der Waals surface area contributed by atoms with Crippen LogP contribution in [0.15, 0.2) is 42.6 Å². The third-order valence-corrected chi connectivity index (χ3v) is 2.84. The van der Waals surface area contributed by atoms with E-state index in [9.17, 15) is 18.3 Å². The Morgan fingerprint density at radius 3 is 2.57 bits per heavy atom. The maximum Gasteiger partial charge on any atom is 0.573 e. The third kappa shape index (κ3) is 4.09. The van der Waals surface area contributed by atoms with Crippen LogP contribution in [0.4, 0.5) is 19.0 Å². The quantitative estimate of drug-likeness (QED) is 0.910.